The van der Waals surface area contributed by atoms with Gasteiger partial charge in [-0.1, -0.05) is 20.8 Å². The Hall–Kier alpha value is -1.83. The van der Waals surface area contributed by atoms with Crippen molar-refractivity contribution in [2.24, 2.45) is 5.92 Å². The second-order valence-corrected chi connectivity index (χ2v) is 5.89. The van der Waals surface area contributed by atoms with E-state index in [9.17, 15) is 14.4 Å². The molecule has 0 aromatic carbocycles. The van der Waals surface area contributed by atoms with Gasteiger partial charge in [-0.25, -0.2) is 4.79 Å². The van der Waals surface area contributed by atoms with E-state index in [4.69, 9.17) is 18.9 Å². The molecule has 0 bridgehead atoms. The predicted molar refractivity (Wildman–Crippen MR) is 95.7 cm³/mol. The summed E-state index contributed by atoms with van der Waals surface area (Å²) in [5.74, 6) is -1.21. The van der Waals surface area contributed by atoms with Gasteiger partial charge in [-0.05, 0) is 25.9 Å². The molecule has 0 heterocycles. The van der Waals surface area contributed by atoms with Crippen molar-refractivity contribution in [3.05, 3.63) is 0 Å². The van der Waals surface area contributed by atoms with Crippen molar-refractivity contribution >= 4 is 18.1 Å². The topological polar surface area (TPSA) is 91.4 Å². The van der Waals surface area contributed by atoms with Crippen LogP contribution in [0, 0.1) is 5.92 Å². The van der Waals surface area contributed by atoms with Gasteiger partial charge in [-0.15, -0.1) is 0 Å². The van der Waals surface area contributed by atoms with Gasteiger partial charge in [0.05, 0.1) is 12.5 Å². The molecule has 0 spiro atoms. The Balaban J connectivity index is 4.12. The molecule has 0 fully saturated rings. The SMILES string of the molecule is CCCC(=O)OCC(COC(C)=O)COC(=O)OCCCN(CC)CC. The van der Waals surface area contributed by atoms with Crippen LogP contribution in [0.3, 0.4) is 0 Å². The average molecular weight is 375 g/mol. The van der Waals surface area contributed by atoms with E-state index in [0.717, 1.165) is 26.1 Å². The number of nitrogens with zero attached hydrogens (tertiary/aromatic N) is 1. The van der Waals surface area contributed by atoms with Crippen LogP contribution in [0.15, 0.2) is 0 Å². The maximum Gasteiger partial charge on any atom is 0.508 e. The van der Waals surface area contributed by atoms with Crippen molar-refractivity contribution in [2.75, 3.05) is 46.1 Å². The molecular formula is C18H33NO7. The van der Waals surface area contributed by atoms with Crippen LogP contribution in [-0.2, 0) is 28.5 Å². The Morgan fingerprint density at radius 2 is 1.50 bits per heavy atom. The van der Waals surface area contributed by atoms with Crippen molar-refractivity contribution in [3.8, 4) is 0 Å². The molecule has 0 aliphatic carbocycles. The Bertz CT molecular complexity index is 410. The smallest absolute Gasteiger partial charge is 0.465 e. The van der Waals surface area contributed by atoms with Crippen LogP contribution >= 0.6 is 0 Å². The van der Waals surface area contributed by atoms with E-state index in [-0.39, 0.29) is 32.4 Å². The van der Waals surface area contributed by atoms with Gasteiger partial charge in [0.2, 0.25) is 0 Å². The molecule has 0 aliphatic heterocycles. The number of hydrogen-bond acceptors (Lipinski definition) is 8. The molecule has 0 aromatic rings. The van der Waals surface area contributed by atoms with E-state index in [1.807, 2.05) is 6.92 Å². The van der Waals surface area contributed by atoms with Gasteiger partial charge >= 0.3 is 18.1 Å². The first-order valence-corrected chi connectivity index (χ1v) is 9.23. The fourth-order valence-electron chi connectivity index (χ4n) is 2.08. The van der Waals surface area contributed by atoms with E-state index in [2.05, 4.69) is 18.7 Å². The third-order valence-corrected chi connectivity index (χ3v) is 3.63. The second-order valence-electron chi connectivity index (χ2n) is 5.89. The highest BCUT2D eigenvalue weighted by atomic mass is 16.7. The number of esters is 2. The normalized spacial score (nSPS) is 11.7. The number of ether oxygens (including phenoxy) is 4. The third kappa shape index (κ3) is 13.5. The fraction of sp³-hybridized carbons (Fsp3) is 0.833. The summed E-state index contributed by atoms with van der Waals surface area (Å²) in [5, 5.41) is 0. The largest absolute Gasteiger partial charge is 0.508 e. The lowest BCUT2D eigenvalue weighted by Gasteiger charge is -2.18. The first kappa shape index (κ1) is 24.2. The zero-order valence-electron chi connectivity index (χ0n) is 16.5. The molecular weight excluding hydrogens is 342 g/mol. The molecule has 0 saturated carbocycles. The minimum Gasteiger partial charge on any atom is -0.465 e. The van der Waals surface area contributed by atoms with Crippen LogP contribution in [0.25, 0.3) is 0 Å². The summed E-state index contributed by atoms with van der Waals surface area (Å²) in [5.41, 5.74) is 0. The second kappa shape index (κ2) is 15.4. The first-order valence-electron chi connectivity index (χ1n) is 9.23. The minimum atomic E-state index is -0.780. The van der Waals surface area contributed by atoms with Gasteiger partial charge in [0.25, 0.3) is 0 Å². The van der Waals surface area contributed by atoms with Crippen molar-refractivity contribution in [1.82, 2.24) is 4.90 Å². The first-order chi connectivity index (χ1) is 12.4. The third-order valence-electron chi connectivity index (χ3n) is 3.63. The van der Waals surface area contributed by atoms with Gasteiger partial charge in [0.1, 0.15) is 19.8 Å². The number of carbonyl (C=O) groups is 3. The highest BCUT2D eigenvalue weighted by Crippen LogP contribution is 2.04. The van der Waals surface area contributed by atoms with Crippen molar-refractivity contribution in [3.63, 3.8) is 0 Å². The minimum absolute atomic E-state index is 0.00395. The van der Waals surface area contributed by atoms with Crippen LogP contribution in [0.4, 0.5) is 4.79 Å². The molecule has 26 heavy (non-hydrogen) atoms. The predicted octanol–water partition coefficient (Wildman–Crippen LogP) is 2.39. The fourth-order valence-corrected chi connectivity index (χ4v) is 2.08. The molecule has 0 aliphatic rings. The summed E-state index contributed by atoms with van der Waals surface area (Å²) in [7, 11) is 0. The lowest BCUT2D eigenvalue weighted by molar-refractivity contribution is -0.148. The van der Waals surface area contributed by atoms with Crippen molar-refractivity contribution in [1.29, 1.82) is 0 Å². The lowest BCUT2D eigenvalue weighted by Crippen LogP contribution is -2.27. The van der Waals surface area contributed by atoms with E-state index < -0.39 is 18.0 Å². The van der Waals surface area contributed by atoms with E-state index >= 15 is 0 Å². The molecule has 0 aromatic heterocycles. The molecule has 152 valence electrons. The molecule has 1 unspecified atom stereocenters. The van der Waals surface area contributed by atoms with Crippen LogP contribution in [-0.4, -0.2) is 69.1 Å². The Labute approximate surface area is 156 Å². The maximum atomic E-state index is 11.6. The van der Waals surface area contributed by atoms with Crippen molar-refractivity contribution < 1.29 is 33.3 Å². The Morgan fingerprint density at radius 1 is 0.885 bits per heavy atom. The van der Waals surface area contributed by atoms with Crippen LogP contribution < -0.4 is 0 Å². The highest BCUT2D eigenvalue weighted by Gasteiger charge is 2.17. The zero-order chi connectivity index (χ0) is 19.8. The zero-order valence-corrected chi connectivity index (χ0v) is 16.5. The lowest BCUT2D eigenvalue weighted by atomic mass is 10.2. The quantitative estimate of drug-likeness (QED) is 0.260. The molecule has 0 amide bonds. The summed E-state index contributed by atoms with van der Waals surface area (Å²) < 4.78 is 20.1. The van der Waals surface area contributed by atoms with Gasteiger partial charge in [0.15, 0.2) is 0 Å². The van der Waals surface area contributed by atoms with E-state index in [0.29, 0.717) is 12.8 Å². The van der Waals surface area contributed by atoms with Crippen LogP contribution in [0.5, 0.6) is 0 Å². The standard InChI is InChI=1S/C18H33NO7/c1-5-9-17(21)25-13-16(12-24-15(4)20)14-26-18(22)23-11-8-10-19(6-2)7-3/h16H,5-14H2,1-4H3. The molecule has 0 saturated heterocycles. The molecule has 8 heteroatoms. The van der Waals surface area contributed by atoms with Gasteiger partial charge in [0, 0.05) is 19.9 Å². The van der Waals surface area contributed by atoms with E-state index in [1.165, 1.54) is 6.92 Å². The van der Waals surface area contributed by atoms with Gasteiger partial charge in [-0.3, -0.25) is 9.59 Å². The van der Waals surface area contributed by atoms with Gasteiger partial charge in [-0.2, -0.15) is 0 Å². The highest BCUT2D eigenvalue weighted by molar-refractivity contribution is 5.69. The molecule has 0 N–H and O–H groups in total. The summed E-state index contributed by atoms with van der Waals surface area (Å²) in [6.45, 7) is 10.3. The Morgan fingerprint density at radius 3 is 2.08 bits per heavy atom. The Kier molecular flexibility index (Phi) is 14.3. The van der Waals surface area contributed by atoms with Crippen LogP contribution in [0.2, 0.25) is 0 Å². The number of carbonyl (C=O) groups excluding carboxylic acids is 3. The monoisotopic (exact) mass is 375 g/mol. The van der Waals surface area contributed by atoms with Crippen LogP contribution in [0.1, 0.15) is 47.0 Å². The number of rotatable bonds is 14. The van der Waals surface area contributed by atoms with Gasteiger partial charge < -0.3 is 23.8 Å². The molecule has 0 radical (unpaired) electrons. The molecule has 1 atom stereocenters. The summed E-state index contributed by atoms with van der Waals surface area (Å²) in [4.78, 5) is 36.2. The molecule has 8 nitrogen and oxygen atoms in total. The van der Waals surface area contributed by atoms with Crippen molar-refractivity contribution in [2.45, 2.75) is 47.0 Å². The summed E-state index contributed by atoms with van der Waals surface area (Å²) >= 11 is 0. The molecule has 0 rings (SSSR count). The van der Waals surface area contributed by atoms with E-state index in [1.54, 1.807) is 0 Å². The average Bonchev–Trinajstić information content (AvgIpc) is 2.61. The maximum absolute atomic E-state index is 11.6. The summed E-state index contributed by atoms with van der Waals surface area (Å²) in [6.07, 6.45) is 0.944. The summed E-state index contributed by atoms with van der Waals surface area (Å²) in [6, 6.07) is 0. The number of hydrogen-bond donors (Lipinski definition) is 0.